The Morgan fingerprint density at radius 3 is 2.46 bits per heavy atom. The minimum atomic E-state index is -0.194. The van der Waals surface area contributed by atoms with Gasteiger partial charge in [0.1, 0.15) is 0 Å². The maximum atomic E-state index is 12.5. The molecule has 0 radical (unpaired) electrons. The highest BCUT2D eigenvalue weighted by atomic mass is 32.2. The number of nitrogens with zero attached hydrogens (tertiary/aromatic N) is 2. The van der Waals surface area contributed by atoms with Crippen molar-refractivity contribution in [2.45, 2.75) is 40.3 Å². The first kappa shape index (κ1) is 16.8. The number of rotatable bonds is 4. The molecule has 126 valence electrons. The van der Waals surface area contributed by atoms with Crippen molar-refractivity contribution in [3.05, 3.63) is 40.9 Å². The van der Waals surface area contributed by atoms with Crippen molar-refractivity contribution in [1.29, 1.82) is 0 Å². The van der Waals surface area contributed by atoms with Crippen LogP contribution < -0.4 is 0 Å². The van der Waals surface area contributed by atoms with E-state index < -0.39 is 0 Å². The fourth-order valence-electron chi connectivity index (χ4n) is 3.00. The van der Waals surface area contributed by atoms with Gasteiger partial charge in [0.15, 0.2) is 0 Å². The topological polar surface area (TPSA) is 42.3 Å². The number of aromatic nitrogens is 1. The number of hydrogen-bond acceptors (Lipinski definition) is 3. The minimum absolute atomic E-state index is 0.120. The molecule has 1 aromatic carbocycles. The van der Waals surface area contributed by atoms with Crippen LogP contribution >= 0.6 is 11.8 Å². The van der Waals surface area contributed by atoms with E-state index in [4.69, 9.17) is 0 Å². The van der Waals surface area contributed by atoms with E-state index in [9.17, 15) is 9.59 Å². The molecular formula is C19H22N2O2S. The van der Waals surface area contributed by atoms with Crippen LogP contribution in [0.15, 0.2) is 35.4 Å². The Balaban J connectivity index is 2.04. The third-order valence-corrected chi connectivity index (χ3v) is 4.89. The summed E-state index contributed by atoms with van der Waals surface area (Å²) in [5.74, 6) is 0.336. The third-order valence-electron chi connectivity index (χ3n) is 4.01. The van der Waals surface area contributed by atoms with Gasteiger partial charge in [-0.1, -0.05) is 32.0 Å². The first-order valence-electron chi connectivity index (χ1n) is 8.23. The van der Waals surface area contributed by atoms with Crippen molar-refractivity contribution in [2.24, 2.45) is 5.92 Å². The average molecular weight is 342 g/mol. The average Bonchev–Trinajstić information content (AvgIpc) is 2.98. The predicted octanol–water partition coefficient (Wildman–Crippen LogP) is 4.74. The molecule has 0 atom stereocenters. The quantitative estimate of drug-likeness (QED) is 0.754. The molecule has 1 fully saturated rings. The lowest BCUT2D eigenvalue weighted by Crippen LogP contribution is -2.34. The fraction of sp³-hybridized carbons (Fsp3) is 0.368. The summed E-state index contributed by atoms with van der Waals surface area (Å²) in [5.41, 5.74) is 2.14. The van der Waals surface area contributed by atoms with E-state index in [1.54, 1.807) is 0 Å². The molecule has 24 heavy (non-hydrogen) atoms. The molecule has 0 aliphatic carbocycles. The molecule has 0 spiro atoms. The second-order valence-electron chi connectivity index (χ2n) is 6.79. The van der Waals surface area contributed by atoms with E-state index in [1.165, 1.54) is 4.90 Å². The van der Waals surface area contributed by atoms with Crippen molar-refractivity contribution in [3.8, 4) is 0 Å². The van der Waals surface area contributed by atoms with E-state index in [-0.39, 0.29) is 17.2 Å². The molecule has 0 saturated carbocycles. The summed E-state index contributed by atoms with van der Waals surface area (Å²) in [4.78, 5) is 26.4. The zero-order valence-electron chi connectivity index (χ0n) is 14.4. The summed E-state index contributed by atoms with van der Waals surface area (Å²) in [6.45, 7) is 8.99. The predicted molar refractivity (Wildman–Crippen MR) is 99.7 cm³/mol. The van der Waals surface area contributed by atoms with Gasteiger partial charge in [-0.2, -0.15) is 0 Å². The first-order chi connectivity index (χ1) is 11.4. The molecule has 2 amide bonds. The summed E-state index contributed by atoms with van der Waals surface area (Å²) in [6.07, 6.45) is 3.93. The Labute approximate surface area is 146 Å². The highest BCUT2D eigenvalue weighted by Gasteiger charge is 2.36. The minimum Gasteiger partial charge on any atom is -0.347 e. The normalized spacial score (nSPS) is 17.2. The lowest BCUT2D eigenvalue weighted by atomic mass is 10.1. The molecule has 3 rings (SSSR count). The molecular weight excluding hydrogens is 320 g/mol. The molecule has 1 saturated heterocycles. The number of hydrogen-bond donors (Lipinski definition) is 0. The summed E-state index contributed by atoms with van der Waals surface area (Å²) in [6, 6.07) is 8.06. The molecule has 4 nitrogen and oxygen atoms in total. The third kappa shape index (κ3) is 3.00. The summed E-state index contributed by atoms with van der Waals surface area (Å²) in [5, 5.41) is 0.918. The number of benzene rings is 1. The zero-order chi connectivity index (χ0) is 17.4. The van der Waals surface area contributed by atoms with Crippen LogP contribution in [-0.2, 0) is 11.3 Å². The summed E-state index contributed by atoms with van der Waals surface area (Å²) >= 11 is 1.03. The number of para-hydroxylation sites is 1. The van der Waals surface area contributed by atoms with Gasteiger partial charge in [0.2, 0.25) is 0 Å². The largest absolute Gasteiger partial charge is 0.347 e. The standard InChI is InChI=1S/C19H22N2O2S/c1-12(2)10-20-11-14(15-7-5-6-8-16(15)20)9-17-18(22)21(13(3)4)19(23)24-17/h5-9,11-13H,10H2,1-4H3/b17-9-. The van der Waals surface area contributed by atoms with Crippen molar-refractivity contribution in [3.63, 3.8) is 0 Å². The second kappa shape index (κ2) is 6.48. The van der Waals surface area contributed by atoms with E-state index in [0.717, 1.165) is 34.8 Å². The maximum absolute atomic E-state index is 12.5. The number of imide groups is 1. The highest BCUT2D eigenvalue weighted by molar-refractivity contribution is 8.18. The van der Waals surface area contributed by atoms with Crippen molar-refractivity contribution in [2.75, 3.05) is 0 Å². The van der Waals surface area contributed by atoms with Crippen LogP contribution in [0.3, 0.4) is 0 Å². The van der Waals surface area contributed by atoms with Gasteiger partial charge < -0.3 is 4.57 Å². The monoisotopic (exact) mass is 342 g/mol. The Hall–Kier alpha value is -2.01. The van der Waals surface area contributed by atoms with Gasteiger partial charge in [-0.3, -0.25) is 14.5 Å². The molecule has 2 heterocycles. The number of carbonyl (C=O) groups is 2. The van der Waals surface area contributed by atoms with Gasteiger partial charge in [-0.25, -0.2) is 0 Å². The lowest BCUT2D eigenvalue weighted by molar-refractivity contribution is -0.123. The van der Waals surface area contributed by atoms with Gasteiger partial charge in [-0.15, -0.1) is 0 Å². The maximum Gasteiger partial charge on any atom is 0.293 e. The second-order valence-corrected chi connectivity index (χ2v) is 7.79. The van der Waals surface area contributed by atoms with Gasteiger partial charge in [0, 0.05) is 35.2 Å². The summed E-state index contributed by atoms with van der Waals surface area (Å²) in [7, 11) is 0. The van der Waals surface area contributed by atoms with E-state index in [1.807, 2.05) is 32.1 Å². The van der Waals surface area contributed by atoms with Crippen molar-refractivity contribution < 1.29 is 9.59 Å². The Morgan fingerprint density at radius 1 is 1.12 bits per heavy atom. The fourth-order valence-corrected chi connectivity index (χ4v) is 3.95. The van der Waals surface area contributed by atoms with Crippen LogP contribution in [0.2, 0.25) is 0 Å². The van der Waals surface area contributed by atoms with Crippen LogP contribution in [0, 0.1) is 5.92 Å². The summed E-state index contributed by atoms with van der Waals surface area (Å²) < 4.78 is 2.22. The molecule has 0 unspecified atom stereocenters. The van der Waals surface area contributed by atoms with Crippen LogP contribution in [-0.4, -0.2) is 26.7 Å². The van der Waals surface area contributed by atoms with E-state index in [2.05, 4.69) is 36.7 Å². The smallest absolute Gasteiger partial charge is 0.293 e. The molecule has 1 aromatic heterocycles. The number of fused-ring (bicyclic) bond motifs is 1. The Bertz CT molecular complexity index is 833. The number of carbonyl (C=O) groups excluding carboxylic acids is 2. The number of amides is 2. The van der Waals surface area contributed by atoms with Gasteiger partial charge in [0.05, 0.1) is 4.91 Å². The van der Waals surface area contributed by atoms with E-state index >= 15 is 0 Å². The SMILES string of the molecule is CC(C)Cn1cc(/C=C2\SC(=O)N(C(C)C)C2=O)c2ccccc21. The molecule has 5 heteroatoms. The van der Waals surface area contributed by atoms with Gasteiger partial charge in [0.25, 0.3) is 11.1 Å². The van der Waals surface area contributed by atoms with Gasteiger partial charge >= 0.3 is 0 Å². The lowest BCUT2D eigenvalue weighted by Gasteiger charge is -2.16. The van der Waals surface area contributed by atoms with Crippen LogP contribution in [0.25, 0.3) is 17.0 Å². The Kier molecular flexibility index (Phi) is 4.54. The molecule has 1 aliphatic rings. The first-order valence-corrected chi connectivity index (χ1v) is 9.05. The Morgan fingerprint density at radius 2 is 1.83 bits per heavy atom. The molecule has 1 aliphatic heterocycles. The zero-order valence-corrected chi connectivity index (χ0v) is 15.3. The molecule has 0 bridgehead atoms. The van der Waals surface area contributed by atoms with Crippen LogP contribution in [0.4, 0.5) is 4.79 Å². The van der Waals surface area contributed by atoms with Crippen LogP contribution in [0.1, 0.15) is 33.3 Å². The molecule has 0 N–H and O–H groups in total. The van der Waals surface area contributed by atoms with Crippen molar-refractivity contribution in [1.82, 2.24) is 9.47 Å². The van der Waals surface area contributed by atoms with Crippen molar-refractivity contribution >= 4 is 39.9 Å². The van der Waals surface area contributed by atoms with Crippen LogP contribution in [0.5, 0.6) is 0 Å². The molecule has 2 aromatic rings. The van der Waals surface area contributed by atoms with Gasteiger partial charge in [-0.05, 0) is 43.7 Å². The van der Waals surface area contributed by atoms with E-state index in [0.29, 0.717) is 10.8 Å². The highest BCUT2D eigenvalue weighted by Crippen LogP contribution is 2.35. The number of thioether (sulfide) groups is 1.